The van der Waals surface area contributed by atoms with E-state index in [1.807, 2.05) is 19.1 Å². The Morgan fingerprint density at radius 2 is 2.17 bits per heavy atom. The Balaban J connectivity index is 1.49. The second-order valence-corrected chi connectivity index (χ2v) is 9.45. The predicted molar refractivity (Wildman–Crippen MR) is 107 cm³/mol. The number of ketones is 1. The number of rotatable bonds is 5. The number of furan rings is 1. The molecule has 4 aliphatic heterocycles. The number of nitrogens with one attached hydrogen (secondary N) is 1. The van der Waals surface area contributed by atoms with Gasteiger partial charge in [-0.25, -0.2) is 0 Å². The first-order valence-corrected chi connectivity index (χ1v) is 10.9. The quantitative estimate of drug-likeness (QED) is 0.750. The Morgan fingerprint density at radius 3 is 2.87 bits per heavy atom. The van der Waals surface area contributed by atoms with E-state index >= 15 is 0 Å². The lowest BCUT2D eigenvalue weighted by molar-refractivity contribution is -0.148. The summed E-state index contributed by atoms with van der Waals surface area (Å²) in [5, 5.41) is 3.00. The van der Waals surface area contributed by atoms with E-state index in [9.17, 15) is 14.4 Å². The van der Waals surface area contributed by atoms with Crippen molar-refractivity contribution in [2.24, 2.45) is 23.7 Å². The zero-order chi connectivity index (χ0) is 21.2. The number of ether oxygens (including phenoxy) is 1. The van der Waals surface area contributed by atoms with Crippen LogP contribution in [0.4, 0.5) is 0 Å². The van der Waals surface area contributed by atoms with Gasteiger partial charge < -0.3 is 19.4 Å². The molecule has 0 aromatic carbocycles. The van der Waals surface area contributed by atoms with E-state index < -0.39 is 35.6 Å². The number of hydrogen-bond donors (Lipinski definition) is 1. The number of hydrogen-bond acceptors (Lipinski definition) is 5. The van der Waals surface area contributed by atoms with Gasteiger partial charge in [0, 0.05) is 18.9 Å². The zero-order valence-electron chi connectivity index (χ0n) is 17.5. The van der Waals surface area contributed by atoms with E-state index in [0.717, 1.165) is 6.42 Å². The van der Waals surface area contributed by atoms with Gasteiger partial charge in [0.1, 0.15) is 17.1 Å². The van der Waals surface area contributed by atoms with E-state index in [-0.39, 0.29) is 29.9 Å². The van der Waals surface area contributed by atoms with Gasteiger partial charge in [0.05, 0.1) is 36.3 Å². The lowest BCUT2D eigenvalue weighted by atomic mass is 9.70. The van der Waals surface area contributed by atoms with Crippen molar-refractivity contribution in [2.75, 3.05) is 6.54 Å². The maximum Gasteiger partial charge on any atom is 0.230 e. The normalized spacial score (nSPS) is 39.0. The van der Waals surface area contributed by atoms with Gasteiger partial charge in [-0.15, -0.1) is 0 Å². The number of carbonyl (C=O) groups excluding carboxylic acids is 3. The Bertz CT molecular complexity index is 907. The predicted octanol–water partition coefficient (Wildman–Crippen LogP) is 2.24. The molecule has 3 saturated heterocycles. The highest BCUT2D eigenvalue weighted by Gasteiger charge is 2.74. The molecule has 5 rings (SSSR count). The first-order chi connectivity index (χ1) is 14.3. The Morgan fingerprint density at radius 1 is 1.37 bits per heavy atom. The van der Waals surface area contributed by atoms with Crippen molar-refractivity contribution in [3.05, 3.63) is 36.3 Å². The van der Waals surface area contributed by atoms with Gasteiger partial charge in [0.2, 0.25) is 11.8 Å². The molecule has 7 heteroatoms. The second kappa shape index (κ2) is 6.80. The molecule has 7 nitrogen and oxygen atoms in total. The summed E-state index contributed by atoms with van der Waals surface area (Å²) in [6, 6.07) is 2.68. The first kappa shape index (κ1) is 19.5. The number of amides is 2. The van der Waals surface area contributed by atoms with Crippen LogP contribution in [-0.2, 0) is 19.1 Å². The molecule has 3 fully saturated rings. The minimum absolute atomic E-state index is 0.0887. The molecular formula is C23H28N2O5. The van der Waals surface area contributed by atoms with Gasteiger partial charge in [0.25, 0.3) is 0 Å². The standard InChI is InChI=1S/C23H28N2O5/c1-12(2)7-9-24-21(27)18-17-6-8-23(30-17)19(18)22(28)25-14(16-5-4-10-29-16)11-15(26)13(3)20(23)25/h4-6,8,10,12-14,17-20H,7,9,11H2,1-3H3,(H,24,27)/t13-,14+,17+,18+,19+,20+,23-/m0/s1. The number of Topliss-reactive ketones (excluding diaryl/α,β-unsaturated/α-hetero) is 1. The maximum absolute atomic E-state index is 13.7. The Hall–Kier alpha value is -2.41. The topological polar surface area (TPSA) is 88.8 Å². The lowest BCUT2D eigenvalue weighted by Gasteiger charge is -2.43. The summed E-state index contributed by atoms with van der Waals surface area (Å²) in [6.45, 7) is 6.66. The Kier molecular flexibility index (Phi) is 4.43. The van der Waals surface area contributed by atoms with E-state index in [0.29, 0.717) is 18.2 Å². The number of piperidine rings is 1. The van der Waals surface area contributed by atoms with Crippen LogP contribution in [0.5, 0.6) is 0 Å². The molecule has 1 N–H and O–H groups in total. The van der Waals surface area contributed by atoms with E-state index in [1.54, 1.807) is 23.3 Å². The monoisotopic (exact) mass is 412 g/mol. The molecule has 2 bridgehead atoms. The van der Waals surface area contributed by atoms with E-state index in [1.165, 1.54) is 0 Å². The van der Waals surface area contributed by atoms with Crippen LogP contribution in [0.2, 0.25) is 0 Å². The molecule has 160 valence electrons. The van der Waals surface area contributed by atoms with Crippen LogP contribution in [0, 0.1) is 23.7 Å². The highest BCUT2D eigenvalue weighted by molar-refractivity contribution is 5.96. The summed E-state index contributed by atoms with van der Waals surface area (Å²) in [6.07, 6.45) is 6.05. The summed E-state index contributed by atoms with van der Waals surface area (Å²) in [5.41, 5.74) is -0.928. The van der Waals surface area contributed by atoms with Crippen LogP contribution in [0.3, 0.4) is 0 Å². The number of carbonyl (C=O) groups is 3. The van der Waals surface area contributed by atoms with Gasteiger partial charge in [-0.1, -0.05) is 32.9 Å². The molecular weight excluding hydrogens is 384 g/mol. The Labute approximate surface area is 175 Å². The molecule has 7 atom stereocenters. The van der Waals surface area contributed by atoms with E-state index in [2.05, 4.69) is 19.2 Å². The first-order valence-electron chi connectivity index (χ1n) is 10.9. The molecule has 0 saturated carbocycles. The van der Waals surface area contributed by atoms with Gasteiger partial charge in [0.15, 0.2) is 0 Å². The molecule has 4 aliphatic rings. The van der Waals surface area contributed by atoms with Crippen molar-refractivity contribution >= 4 is 17.6 Å². The van der Waals surface area contributed by atoms with Crippen molar-refractivity contribution in [3.63, 3.8) is 0 Å². The highest BCUT2D eigenvalue weighted by atomic mass is 16.5. The van der Waals surface area contributed by atoms with Crippen LogP contribution in [-0.4, -0.2) is 46.8 Å². The molecule has 1 aromatic rings. The zero-order valence-corrected chi connectivity index (χ0v) is 17.5. The van der Waals surface area contributed by atoms with Crippen LogP contribution < -0.4 is 5.32 Å². The molecule has 2 amide bonds. The smallest absolute Gasteiger partial charge is 0.230 e. The summed E-state index contributed by atoms with van der Waals surface area (Å²) in [7, 11) is 0. The maximum atomic E-state index is 13.7. The van der Waals surface area contributed by atoms with Crippen LogP contribution in [0.1, 0.15) is 45.4 Å². The molecule has 1 aromatic heterocycles. The average Bonchev–Trinajstić information content (AvgIpc) is 3.46. The van der Waals surface area contributed by atoms with Crippen molar-refractivity contribution in [1.29, 1.82) is 0 Å². The van der Waals surface area contributed by atoms with Crippen molar-refractivity contribution < 1.29 is 23.5 Å². The molecule has 0 aliphatic carbocycles. The highest BCUT2D eigenvalue weighted by Crippen LogP contribution is 2.59. The van der Waals surface area contributed by atoms with Gasteiger partial charge in [-0.3, -0.25) is 14.4 Å². The van der Waals surface area contributed by atoms with Crippen molar-refractivity contribution in [3.8, 4) is 0 Å². The summed E-state index contributed by atoms with van der Waals surface area (Å²) < 4.78 is 11.9. The van der Waals surface area contributed by atoms with E-state index in [4.69, 9.17) is 9.15 Å². The fraction of sp³-hybridized carbons (Fsp3) is 0.609. The minimum Gasteiger partial charge on any atom is -0.467 e. The molecule has 1 spiro atoms. The summed E-state index contributed by atoms with van der Waals surface area (Å²) >= 11 is 0. The molecule has 30 heavy (non-hydrogen) atoms. The molecule has 0 radical (unpaired) electrons. The second-order valence-electron chi connectivity index (χ2n) is 9.45. The fourth-order valence-corrected chi connectivity index (χ4v) is 5.86. The van der Waals surface area contributed by atoms with Crippen LogP contribution >= 0.6 is 0 Å². The third-order valence-corrected chi connectivity index (χ3v) is 7.28. The third-order valence-electron chi connectivity index (χ3n) is 7.28. The van der Waals surface area contributed by atoms with Crippen molar-refractivity contribution in [1.82, 2.24) is 10.2 Å². The van der Waals surface area contributed by atoms with Crippen LogP contribution in [0.25, 0.3) is 0 Å². The number of nitrogens with zero attached hydrogens (tertiary/aromatic N) is 1. The van der Waals surface area contributed by atoms with Gasteiger partial charge in [-0.2, -0.15) is 0 Å². The third kappa shape index (κ3) is 2.57. The van der Waals surface area contributed by atoms with Gasteiger partial charge in [-0.05, 0) is 24.5 Å². The largest absolute Gasteiger partial charge is 0.467 e. The van der Waals surface area contributed by atoms with Gasteiger partial charge >= 0.3 is 0 Å². The molecule has 5 heterocycles. The lowest BCUT2D eigenvalue weighted by Crippen LogP contribution is -2.55. The van der Waals surface area contributed by atoms with Crippen LogP contribution in [0.15, 0.2) is 35.0 Å². The number of fused-ring (bicyclic) bond motifs is 2. The fourth-order valence-electron chi connectivity index (χ4n) is 5.86. The minimum atomic E-state index is -0.928. The summed E-state index contributed by atoms with van der Waals surface area (Å²) in [5.74, 6) is -0.628. The average molecular weight is 412 g/mol. The summed E-state index contributed by atoms with van der Waals surface area (Å²) in [4.78, 5) is 41.5. The van der Waals surface area contributed by atoms with Crippen molar-refractivity contribution in [2.45, 2.75) is 57.4 Å². The SMILES string of the molecule is CC(C)CCNC(=O)[C@@H]1[C@H]2C=C[C@]3(O2)[C@H]1C(=O)N1[C@@H](c2ccco2)CC(=O)[C@H](C)[C@@H]13. The molecule has 0 unspecified atom stereocenters.